The van der Waals surface area contributed by atoms with Crippen molar-refractivity contribution in [1.29, 1.82) is 0 Å². The topological polar surface area (TPSA) is 116 Å². The van der Waals surface area contributed by atoms with Gasteiger partial charge in [-0.25, -0.2) is 0 Å². The average Bonchev–Trinajstić information content (AvgIpc) is 3.10. The number of carbonyl (C=O) groups excluding carboxylic acids is 2. The normalized spacial score (nSPS) is 13.7. The first-order valence-electron chi connectivity index (χ1n) is 7.26. The van der Waals surface area contributed by atoms with Crippen molar-refractivity contribution in [3.05, 3.63) is 28.9 Å². The second kappa shape index (κ2) is 5.63. The minimum atomic E-state index is -0.690. The molecule has 0 fully saturated rings. The van der Waals surface area contributed by atoms with E-state index in [0.29, 0.717) is 6.54 Å². The number of rotatable bonds is 4. The maximum Gasteiger partial charge on any atom is 0.278 e. The number of anilines is 1. The van der Waals surface area contributed by atoms with Gasteiger partial charge in [-0.3, -0.25) is 14.3 Å². The number of hydrogen-bond donors (Lipinski definition) is 2. The van der Waals surface area contributed by atoms with Crippen LogP contribution in [0.15, 0.2) is 10.7 Å². The van der Waals surface area contributed by atoms with Crippen LogP contribution in [0.25, 0.3) is 0 Å². The molecule has 3 rings (SSSR count). The molecular formula is C14H17N5O3. The molecule has 2 aromatic heterocycles. The summed E-state index contributed by atoms with van der Waals surface area (Å²) in [5.41, 5.74) is 6.73. The second-order valence-electron chi connectivity index (χ2n) is 5.21. The van der Waals surface area contributed by atoms with Crippen LogP contribution in [0.3, 0.4) is 0 Å². The Kier molecular flexibility index (Phi) is 3.66. The molecule has 0 atom stereocenters. The molecule has 1 aliphatic rings. The molecule has 0 bridgehead atoms. The van der Waals surface area contributed by atoms with Crippen LogP contribution in [0.1, 0.15) is 52.1 Å². The van der Waals surface area contributed by atoms with Crippen molar-refractivity contribution >= 4 is 17.5 Å². The molecule has 116 valence electrons. The number of carbonyl (C=O) groups is 2. The molecule has 2 amide bonds. The van der Waals surface area contributed by atoms with Crippen molar-refractivity contribution in [2.75, 3.05) is 5.32 Å². The Morgan fingerprint density at radius 3 is 2.86 bits per heavy atom. The van der Waals surface area contributed by atoms with E-state index in [0.717, 1.165) is 37.0 Å². The summed E-state index contributed by atoms with van der Waals surface area (Å²) in [6, 6.07) is 0. The van der Waals surface area contributed by atoms with Gasteiger partial charge in [0, 0.05) is 24.7 Å². The zero-order chi connectivity index (χ0) is 15.7. The number of hydrogen-bond acceptors (Lipinski definition) is 5. The van der Waals surface area contributed by atoms with Crippen LogP contribution in [0.2, 0.25) is 0 Å². The molecule has 22 heavy (non-hydrogen) atoms. The van der Waals surface area contributed by atoms with Crippen LogP contribution < -0.4 is 11.1 Å². The Hall–Kier alpha value is -2.64. The van der Waals surface area contributed by atoms with Gasteiger partial charge in [0.15, 0.2) is 11.4 Å². The van der Waals surface area contributed by atoms with Crippen LogP contribution in [0.5, 0.6) is 0 Å². The lowest BCUT2D eigenvalue weighted by Crippen LogP contribution is -2.19. The molecule has 2 heterocycles. The highest BCUT2D eigenvalue weighted by molar-refractivity contribution is 6.07. The largest absolute Gasteiger partial charge is 0.364 e. The zero-order valence-electron chi connectivity index (χ0n) is 12.3. The number of aromatic nitrogens is 3. The molecule has 0 radical (unpaired) electrons. The Morgan fingerprint density at radius 2 is 2.14 bits per heavy atom. The molecule has 0 aliphatic heterocycles. The predicted molar refractivity (Wildman–Crippen MR) is 77.5 cm³/mol. The number of nitrogens with two attached hydrogens (primary N) is 1. The minimum Gasteiger partial charge on any atom is -0.364 e. The van der Waals surface area contributed by atoms with E-state index in [-0.39, 0.29) is 17.1 Å². The van der Waals surface area contributed by atoms with E-state index in [1.54, 1.807) is 6.20 Å². The molecule has 1 aliphatic carbocycles. The maximum atomic E-state index is 12.4. The van der Waals surface area contributed by atoms with Gasteiger partial charge >= 0.3 is 0 Å². The molecule has 0 saturated carbocycles. The summed E-state index contributed by atoms with van der Waals surface area (Å²) in [7, 11) is 0. The van der Waals surface area contributed by atoms with Crippen LogP contribution in [-0.2, 0) is 19.4 Å². The van der Waals surface area contributed by atoms with Crippen molar-refractivity contribution in [2.45, 2.75) is 39.2 Å². The lowest BCUT2D eigenvalue weighted by atomic mass is 9.96. The summed E-state index contributed by atoms with van der Waals surface area (Å²) >= 11 is 0. The molecule has 0 unspecified atom stereocenters. The van der Waals surface area contributed by atoms with Gasteiger partial charge in [-0.05, 0) is 26.2 Å². The highest BCUT2D eigenvalue weighted by Crippen LogP contribution is 2.25. The number of nitrogens with zero attached hydrogens (tertiary/aromatic N) is 3. The van der Waals surface area contributed by atoms with Crippen LogP contribution in [0, 0.1) is 0 Å². The monoisotopic (exact) mass is 303 g/mol. The summed E-state index contributed by atoms with van der Waals surface area (Å²) in [6.45, 7) is 2.44. The standard InChI is InChI=1S/C14H17N5O3/c1-2-19-7-9(12(17-19)13(15)20)16-14(21)11-8-5-3-4-6-10(8)22-18-11/h7H,2-6H2,1H3,(H2,15,20)(H,16,21). The Bertz CT molecular complexity index is 731. The van der Waals surface area contributed by atoms with Gasteiger partial charge in [-0.2, -0.15) is 5.10 Å². The SMILES string of the molecule is CCn1cc(NC(=O)c2noc3c2CCCC3)c(C(N)=O)n1. The number of amides is 2. The third-order valence-corrected chi connectivity index (χ3v) is 3.73. The summed E-state index contributed by atoms with van der Waals surface area (Å²) in [5.74, 6) is -0.328. The molecule has 2 aromatic rings. The Balaban J connectivity index is 1.87. The van der Waals surface area contributed by atoms with Gasteiger partial charge in [0.2, 0.25) is 0 Å². The van der Waals surface area contributed by atoms with E-state index in [1.165, 1.54) is 4.68 Å². The number of fused-ring (bicyclic) bond motifs is 1. The third kappa shape index (κ3) is 2.47. The molecule has 3 N–H and O–H groups in total. The summed E-state index contributed by atoms with van der Waals surface area (Å²) in [4.78, 5) is 23.8. The smallest absolute Gasteiger partial charge is 0.278 e. The molecule has 8 heteroatoms. The molecular weight excluding hydrogens is 286 g/mol. The zero-order valence-corrected chi connectivity index (χ0v) is 12.3. The number of primary amides is 1. The first kappa shape index (κ1) is 14.3. The van der Waals surface area contributed by atoms with Crippen LogP contribution in [0.4, 0.5) is 5.69 Å². The van der Waals surface area contributed by atoms with Gasteiger partial charge in [0.05, 0.1) is 5.69 Å². The van der Waals surface area contributed by atoms with Crippen LogP contribution >= 0.6 is 0 Å². The highest BCUT2D eigenvalue weighted by Gasteiger charge is 2.25. The Morgan fingerprint density at radius 1 is 1.36 bits per heavy atom. The van der Waals surface area contributed by atoms with Gasteiger partial charge in [0.1, 0.15) is 5.76 Å². The highest BCUT2D eigenvalue weighted by atomic mass is 16.5. The van der Waals surface area contributed by atoms with Crippen molar-refractivity contribution in [2.24, 2.45) is 5.73 Å². The van der Waals surface area contributed by atoms with Crippen molar-refractivity contribution in [1.82, 2.24) is 14.9 Å². The minimum absolute atomic E-state index is 0.0348. The van der Waals surface area contributed by atoms with E-state index in [4.69, 9.17) is 10.3 Å². The second-order valence-corrected chi connectivity index (χ2v) is 5.21. The summed E-state index contributed by atoms with van der Waals surface area (Å²) < 4.78 is 6.76. The van der Waals surface area contributed by atoms with Crippen molar-refractivity contribution in [3.8, 4) is 0 Å². The van der Waals surface area contributed by atoms with E-state index >= 15 is 0 Å². The lowest BCUT2D eigenvalue weighted by Gasteiger charge is -2.09. The molecule has 0 spiro atoms. The van der Waals surface area contributed by atoms with E-state index in [9.17, 15) is 9.59 Å². The molecule has 8 nitrogen and oxygen atoms in total. The van der Waals surface area contributed by atoms with Crippen molar-refractivity contribution in [3.63, 3.8) is 0 Å². The third-order valence-electron chi connectivity index (χ3n) is 3.73. The number of nitrogens with one attached hydrogen (secondary N) is 1. The van der Waals surface area contributed by atoms with E-state index < -0.39 is 11.8 Å². The number of aryl methyl sites for hydroxylation is 2. The molecule has 0 saturated heterocycles. The van der Waals surface area contributed by atoms with Crippen molar-refractivity contribution < 1.29 is 14.1 Å². The van der Waals surface area contributed by atoms with E-state index in [1.807, 2.05) is 6.92 Å². The molecule has 0 aromatic carbocycles. The lowest BCUT2D eigenvalue weighted by molar-refractivity contribution is 0.0995. The summed E-state index contributed by atoms with van der Waals surface area (Å²) in [6.07, 6.45) is 5.20. The average molecular weight is 303 g/mol. The fourth-order valence-corrected chi connectivity index (χ4v) is 2.60. The first-order chi connectivity index (χ1) is 10.6. The fraction of sp³-hybridized carbons (Fsp3) is 0.429. The maximum absolute atomic E-state index is 12.4. The van der Waals surface area contributed by atoms with Gasteiger partial charge < -0.3 is 15.6 Å². The van der Waals surface area contributed by atoms with E-state index in [2.05, 4.69) is 15.6 Å². The van der Waals surface area contributed by atoms with Gasteiger partial charge in [-0.15, -0.1) is 0 Å². The van der Waals surface area contributed by atoms with Gasteiger partial charge in [-0.1, -0.05) is 5.16 Å². The quantitative estimate of drug-likeness (QED) is 0.878. The van der Waals surface area contributed by atoms with Gasteiger partial charge in [0.25, 0.3) is 11.8 Å². The summed E-state index contributed by atoms with van der Waals surface area (Å²) in [5, 5.41) is 10.6. The van der Waals surface area contributed by atoms with Crippen LogP contribution in [-0.4, -0.2) is 26.8 Å². The first-order valence-corrected chi connectivity index (χ1v) is 7.26. The fourth-order valence-electron chi connectivity index (χ4n) is 2.60. The Labute approximate surface area is 126 Å². The predicted octanol–water partition coefficient (Wildman–Crippen LogP) is 1.12.